The number of halogens is 3. The third-order valence-electron chi connectivity index (χ3n) is 3.06. The third kappa shape index (κ3) is 5.01. The first-order valence-electron chi connectivity index (χ1n) is 6.86. The van der Waals surface area contributed by atoms with Gasteiger partial charge in [0.2, 0.25) is 5.91 Å². The number of nitrogens with two attached hydrogens (primary N) is 1. The van der Waals surface area contributed by atoms with E-state index in [1.807, 2.05) is 0 Å². The van der Waals surface area contributed by atoms with Crippen LogP contribution in [-0.2, 0) is 17.4 Å². The van der Waals surface area contributed by atoms with Crippen LogP contribution in [-0.4, -0.2) is 11.9 Å². The number of carbonyl (C=O) groups is 2. The molecule has 5 nitrogen and oxygen atoms in total. The van der Waals surface area contributed by atoms with Crippen LogP contribution in [0.5, 0.6) is 0 Å². The molecule has 0 bridgehead atoms. The monoisotopic (exact) mass is 337 g/mol. The zero-order valence-electron chi connectivity index (χ0n) is 12.4. The number of rotatable bonds is 4. The van der Waals surface area contributed by atoms with Gasteiger partial charge in [-0.15, -0.1) is 0 Å². The van der Waals surface area contributed by atoms with Crippen LogP contribution >= 0.6 is 0 Å². The molecule has 2 aromatic rings. The zero-order chi connectivity index (χ0) is 17.7. The van der Waals surface area contributed by atoms with E-state index in [1.165, 1.54) is 36.4 Å². The highest BCUT2D eigenvalue weighted by Gasteiger charge is 2.30. The van der Waals surface area contributed by atoms with Gasteiger partial charge in [-0.25, -0.2) is 4.79 Å². The van der Waals surface area contributed by atoms with Gasteiger partial charge in [-0.1, -0.05) is 18.2 Å². The molecule has 0 aromatic heterocycles. The van der Waals surface area contributed by atoms with Gasteiger partial charge in [0.05, 0.1) is 12.0 Å². The Hall–Kier alpha value is -3.03. The predicted octanol–water partition coefficient (Wildman–Crippen LogP) is 3.38. The number of carbonyl (C=O) groups excluding carboxylic acids is 2. The summed E-state index contributed by atoms with van der Waals surface area (Å²) in [5.41, 5.74) is 5.34. The van der Waals surface area contributed by atoms with Gasteiger partial charge in [0.15, 0.2) is 0 Å². The summed E-state index contributed by atoms with van der Waals surface area (Å²) < 4.78 is 37.9. The predicted molar refractivity (Wildman–Crippen MR) is 83.4 cm³/mol. The third-order valence-corrected chi connectivity index (χ3v) is 3.06. The van der Waals surface area contributed by atoms with E-state index in [2.05, 4.69) is 10.6 Å². The molecular formula is C16H14F3N3O2. The van der Waals surface area contributed by atoms with Gasteiger partial charge >= 0.3 is 12.2 Å². The Kier molecular flexibility index (Phi) is 5.08. The molecule has 0 unspecified atom stereocenters. The average Bonchev–Trinajstić information content (AvgIpc) is 2.48. The van der Waals surface area contributed by atoms with E-state index >= 15 is 0 Å². The Bertz CT molecular complexity index is 743. The highest BCUT2D eigenvalue weighted by atomic mass is 19.4. The Morgan fingerprint density at radius 2 is 1.54 bits per heavy atom. The molecule has 2 aromatic carbocycles. The van der Waals surface area contributed by atoms with Crippen molar-refractivity contribution >= 4 is 23.3 Å². The van der Waals surface area contributed by atoms with E-state index in [0.29, 0.717) is 11.4 Å². The van der Waals surface area contributed by atoms with Crippen molar-refractivity contribution in [3.63, 3.8) is 0 Å². The Morgan fingerprint density at radius 1 is 0.958 bits per heavy atom. The summed E-state index contributed by atoms with van der Waals surface area (Å²) in [6, 6.07) is 10.0. The van der Waals surface area contributed by atoms with E-state index in [1.54, 1.807) is 0 Å². The number of alkyl halides is 3. The SMILES string of the molecule is NC(=O)Nc1ccc(NC(=O)Cc2cccc(C(F)(F)F)c2)cc1. The van der Waals surface area contributed by atoms with Gasteiger partial charge in [0, 0.05) is 11.4 Å². The smallest absolute Gasteiger partial charge is 0.351 e. The van der Waals surface area contributed by atoms with Crippen molar-refractivity contribution in [2.24, 2.45) is 5.73 Å². The fourth-order valence-electron chi connectivity index (χ4n) is 2.03. The molecule has 0 aliphatic heterocycles. The zero-order valence-corrected chi connectivity index (χ0v) is 12.4. The summed E-state index contributed by atoms with van der Waals surface area (Å²) >= 11 is 0. The Morgan fingerprint density at radius 3 is 2.08 bits per heavy atom. The second-order valence-electron chi connectivity index (χ2n) is 4.99. The second-order valence-corrected chi connectivity index (χ2v) is 4.99. The van der Waals surface area contributed by atoms with Gasteiger partial charge < -0.3 is 16.4 Å². The molecule has 0 saturated heterocycles. The molecule has 0 radical (unpaired) electrons. The summed E-state index contributed by atoms with van der Waals surface area (Å²) in [6.45, 7) is 0. The van der Waals surface area contributed by atoms with Crippen LogP contribution in [0.4, 0.5) is 29.3 Å². The van der Waals surface area contributed by atoms with Gasteiger partial charge in [-0.3, -0.25) is 4.79 Å². The summed E-state index contributed by atoms with van der Waals surface area (Å²) in [5, 5.41) is 4.93. The molecule has 0 saturated carbocycles. The summed E-state index contributed by atoms with van der Waals surface area (Å²) in [4.78, 5) is 22.6. The van der Waals surface area contributed by atoms with E-state index in [-0.39, 0.29) is 12.0 Å². The number of primary amides is 1. The molecule has 0 spiro atoms. The van der Waals surface area contributed by atoms with Crippen molar-refractivity contribution in [3.05, 3.63) is 59.7 Å². The normalized spacial score (nSPS) is 11.0. The molecule has 4 N–H and O–H groups in total. The quantitative estimate of drug-likeness (QED) is 0.799. The largest absolute Gasteiger partial charge is 0.416 e. The summed E-state index contributed by atoms with van der Waals surface area (Å²) in [5.74, 6) is -0.454. The lowest BCUT2D eigenvalue weighted by molar-refractivity contribution is -0.137. The van der Waals surface area contributed by atoms with Crippen LogP contribution in [0.1, 0.15) is 11.1 Å². The second kappa shape index (κ2) is 7.03. The van der Waals surface area contributed by atoms with Crippen molar-refractivity contribution in [2.45, 2.75) is 12.6 Å². The lowest BCUT2D eigenvalue weighted by Crippen LogP contribution is -2.19. The van der Waals surface area contributed by atoms with Crippen LogP contribution in [0.3, 0.4) is 0 Å². The first kappa shape index (κ1) is 17.3. The first-order chi connectivity index (χ1) is 11.2. The number of amides is 3. The maximum Gasteiger partial charge on any atom is 0.416 e. The molecule has 126 valence electrons. The van der Waals surface area contributed by atoms with Crippen molar-refractivity contribution < 1.29 is 22.8 Å². The Labute approximate surface area is 135 Å². The van der Waals surface area contributed by atoms with Crippen LogP contribution in [0.2, 0.25) is 0 Å². The van der Waals surface area contributed by atoms with Crippen molar-refractivity contribution in [3.8, 4) is 0 Å². The number of hydrogen-bond donors (Lipinski definition) is 3. The van der Waals surface area contributed by atoms with E-state index < -0.39 is 23.7 Å². The van der Waals surface area contributed by atoms with Crippen LogP contribution in [0.25, 0.3) is 0 Å². The van der Waals surface area contributed by atoms with Crippen LogP contribution < -0.4 is 16.4 Å². The minimum absolute atomic E-state index is 0.189. The van der Waals surface area contributed by atoms with Gasteiger partial charge in [-0.2, -0.15) is 13.2 Å². The highest BCUT2D eigenvalue weighted by molar-refractivity contribution is 5.93. The van der Waals surface area contributed by atoms with E-state index in [4.69, 9.17) is 5.73 Å². The maximum atomic E-state index is 12.6. The number of hydrogen-bond acceptors (Lipinski definition) is 2. The molecule has 0 heterocycles. The van der Waals surface area contributed by atoms with Crippen LogP contribution in [0, 0.1) is 0 Å². The topological polar surface area (TPSA) is 84.2 Å². The average molecular weight is 337 g/mol. The van der Waals surface area contributed by atoms with Gasteiger partial charge in [0.25, 0.3) is 0 Å². The standard InChI is InChI=1S/C16H14F3N3O2/c17-16(18,19)11-3-1-2-10(8-11)9-14(23)21-12-4-6-13(7-5-12)22-15(20)24/h1-8H,9H2,(H,21,23)(H3,20,22,24). The molecule has 0 aliphatic carbocycles. The molecule has 0 fully saturated rings. The number of nitrogens with one attached hydrogen (secondary N) is 2. The lowest BCUT2D eigenvalue weighted by Gasteiger charge is -2.09. The fraction of sp³-hybridized carbons (Fsp3) is 0.125. The number of anilines is 2. The van der Waals surface area contributed by atoms with Crippen molar-refractivity contribution in [1.82, 2.24) is 0 Å². The maximum absolute atomic E-state index is 12.6. The van der Waals surface area contributed by atoms with E-state index in [9.17, 15) is 22.8 Å². The van der Waals surface area contributed by atoms with Crippen LogP contribution in [0.15, 0.2) is 48.5 Å². The minimum Gasteiger partial charge on any atom is -0.351 e. The fourth-order valence-corrected chi connectivity index (χ4v) is 2.03. The van der Waals surface area contributed by atoms with E-state index in [0.717, 1.165) is 12.1 Å². The molecule has 2 rings (SSSR count). The van der Waals surface area contributed by atoms with Gasteiger partial charge in [0.1, 0.15) is 0 Å². The molecule has 3 amide bonds. The minimum atomic E-state index is -4.45. The molecule has 24 heavy (non-hydrogen) atoms. The summed E-state index contributed by atoms with van der Waals surface area (Å²) in [6.07, 6.45) is -4.64. The molecule has 8 heteroatoms. The lowest BCUT2D eigenvalue weighted by atomic mass is 10.1. The van der Waals surface area contributed by atoms with Crippen molar-refractivity contribution in [1.29, 1.82) is 0 Å². The Balaban J connectivity index is 1.99. The first-order valence-corrected chi connectivity index (χ1v) is 6.86. The van der Waals surface area contributed by atoms with Crippen molar-refractivity contribution in [2.75, 3.05) is 10.6 Å². The molecular weight excluding hydrogens is 323 g/mol. The molecule has 0 atom stereocenters. The highest BCUT2D eigenvalue weighted by Crippen LogP contribution is 2.29. The number of urea groups is 1. The van der Waals surface area contributed by atoms with Gasteiger partial charge in [-0.05, 0) is 35.9 Å². The summed E-state index contributed by atoms with van der Waals surface area (Å²) in [7, 11) is 0. The molecule has 0 aliphatic rings. The number of benzene rings is 2.